The van der Waals surface area contributed by atoms with Gasteiger partial charge in [-0.2, -0.15) is 8.42 Å². The zero-order valence-electron chi connectivity index (χ0n) is 16.9. The summed E-state index contributed by atoms with van der Waals surface area (Å²) in [6, 6.07) is 16.6. The van der Waals surface area contributed by atoms with Crippen molar-refractivity contribution < 1.29 is 17.8 Å². The Morgan fingerprint density at radius 1 is 0.970 bits per heavy atom. The van der Waals surface area contributed by atoms with Gasteiger partial charge < -0.3 is 5.73 Å². The van der Waals surface area contributed by atoms with Gasteiger partial charge in [0.2, 0.25) is 0 Å². The number of ketones is 1. The van der Waals surface area contributed by atoms with Gasteiger partial charge in [0.15, 0.2) is 5.78 Å². The molecule has 10 heteroatoms. The Hall–Kier alpha value is -2.95. The molecule has 0 saturated heterocycles. The van der Waals surface area contributed by atoms with Crippen molar-refractivity contribution in [2.75, 3.05) is 5.73 Å². The van der Waals surface area contributed by atoms with Gasteiger partial charge in [0.25, 0.3) is 10.1 Å². The second-order valence-electron chi connectivity index (χ2n) is 7.06. The number of Topliss-reactive ketones (excluding diaryl/α,β-unsaturated/α-hetero) is 1. The van der Waals surface area contributed by atoms with Gasteiger partial charge in [0, 0.05) is 28.1 Å². The number of carbonyl (C=O) groups is 1. The first-order valence-electron chi connectivity index (χ1n) is 9.51. The van der Waals surface area contributed by atoms with Crippen LogP contribution in [0.3, 0.4) is 0 Å². The molecule has 3 N–H and O–H groups in total. The Bertz CT molecular complexity index is 1500. The van der Waals surface area contributed by atoms with Gasteiger partial charge in [0.05, 0.1) is 11.9 Å². The standard InChI is InChI=1S/C23H18N4O4S.Na.H/c1-14(28)17-6-2-3-7-18(17)15-10-16(13-25-12-15)26-27-21-11-22(32(29,30)31)19-8-4-5-9-20(19)23(21)24;;/h2-13H,24H2,1H3,(H,29,30,31);;. The zero-order chi connectivity index (χ0) is 22.9. The van der Waals surface area contributed by atoms with E-state index in [0.29, 0.717) is 27.8 Å². The van der Waals surface area contributed by atoms with Crippen molar-refractivity contribution >= 4 is 73.3 Å². The Morgan fingerprint density at radius 3 is 2.33 bits per heavy atom. The van der Waals surface area contributed by atoms with Crippen LogP contribution in [-0.4, -0.2) is 53.3 Å². The van der Waals surface area contributed by atoms with Crippen LogP contribution in [0.1, 0.15) is 17.3 Å². The van der Waals surface area contributed by atoms with E-state index in [1.165, 1.54) is 19.2 Å². The molecule has 1 aromatic heterocycles. The average Bonchev–Trinajstić information content (AvgIpc) is 2.78. The van der Waals surface area contributed by atoms with Crippen molar-refractivity contribution in [3.8, 4) is 11.1 Å². The number of benzene rings is 3. The molecule has 0 aliphatic heterocycles. The SMILES string of the molecule is CC(=O)c1ccccc1-c1cncc(N=Nc2cc(S(=O)(=O)O)c3ccccc3c2N)c1.[NaH]. The number of carbonyl (C=O) groups excluding carboxylic acids is 1. The molecule has 0 aliphatic rings. The molecule has 0 saturated carbocycles. The molecule has 0 unspecified atom stereocenters. The number of fused-ring (bicyclic) bond motifs is 1. The average molecular weight is 470 g/mol. The molecule has 0 radical (unpaired) electrons. The van der Waals surface area contributed by atoms with Crippen LogP contribution >= 0.6 is 0 Å². The normalized spacial score (nSPS) is 11.5. The van der Waals surface area contributed by atoms with E-state index in [1.807, 2.05) is 12.1 Å². The number of hydrogen-bond donors (Lipinski definition) is 2. The molecular weight excluding hydrogens is 451 g/mol. The number of nitrogens with zero attached hydrogens (tertiary/aromatic N) is 3. The van der Waals surface area contributed by atoms with Crippen LogP contribution in [0, 0.1) is 0 Å². The van der Waals surface area contributed by atoms with Crippen molar-refractivity contribution in [3.63, 3.8) is 0 Å². The van der Waals surface area contributed by atoms with Crippen molar-refractivity contribution in [1.29, 1.82) is 0 Å². The van der Waals surface area contributed by atoms with Gasteiger partial charge in [-0.05, 0) is 24.6 Å². The first-order chi connectivity index (χ1) is 15.3. The quantitative estimate of drug-likeness (QED) is 0.143. The van der Waals surface area contributed by atoms with Crippen LogP contribution in [0.2, 0.25) is 0 Å². The van der Waals surface area contributed by atoms with Crippen molar-refractivity contribution in [2.45, 2.75) is 11.8 Å². The van der Waals surface area contributed by atoms with Crippen LogP contribution in [0.25, 0.3) is 21.9 Å². The fourth-order valence-corrected chi connectivity index (χ4v) is 4.15. The van der Waals surface area contributed by atoms with Gasteiger partial charge in [-0.15, -0.1) is 10.2 Å². The Balaban J connectivity index is 0.00000306. The number of aromatic nitrogens is 1. The first kappa shape index (κ1) is 24.7. The van der Waals surface area contributed by atoms with E-state index in [9.17, 15) is 17.8 Å². The minimum atomic E-state index is -4.51. The molecular formula is C23H19N4NaO4S. The summed E-state index contributed by atoms with van der Waals surface area (Å²) in [5.74, 6) is -0.0747. The van der Waals surface area contributed by atoms with Crippen molar-refractivity contribution in [3.05, 3.63) is 78.6 Å². The van der Waals surface area contributed by atoms with E-state index in [2.05, 4.69) is 15.2 Å². The molecule has 0 amide bonds. The molecule has 33 heavy (non-hydrogen) atoms. The van der Waals surface area contributed by atoms with Crippen LogP contribution in [0.5, 0.6) is 0 Å². The number of rotatable bonds is 5. The first-order valence-corrected chi connectivity index (χ1v) is 11.0. The molecule has 0 bridgehead atoms. The topological polar surface area (TPSA) is 135 Å². The van der Waals surface area contributed by atoms with E-state index in [4.69, 9.17) is 5.73 Å². The monoisotopic (exact) mass is 470 g/mol. The number of pyridine rings is 1. The van der Waals surface area contributed by atoms with E-state index in [0.717, 1.165) is 0 Å². The predicted octanol–water partition coefficient (Wildman–Crippen LogP) is 4.70. The molecule has 0 aliphatic carbocycles. The van der Waals surface area contributed by atoms with E-state index in [1.54, 1.807) is 48.7 Å². The van der Waals surface area contributed by atoms with E-state index >= 15 is 0 Å². The molecule has 0 fully saturated rings. The van der Waals surface area contributed by atoms with E-state index < -0.39 is 10.1 Å². The molecule has 0 atom stereocenters. The molecule has 162 valence electrons. The summed E-state index contributed by atoms with van der Waals surface area (Å²) in [6.07, 6.45) is 3.09. The van der Waals surface area contributed by atoms with Crippen LogP contribution in [0.15, 0.2) is 88.2 Å². The summed E-state index contributed by atoms with van der Waals surface area (Å²) in [7, 11) is -4.51. The second kappa shape index (κ2) is 9.90. The predicted molar refractivity (Wildman–Crippen MR) is 129 cm³/mol. The van der Waals surface area contributed by atoms with Crippen molar-refractivity contribution in [1.82, 2.24) is 4.98 Å². The summed E-state index contributed by atoms with van der Waals surface area (Å²) in [5.41, 5.74) is 8.82. The van der Waals surface area contributed by atoms with Gasteiger partial charge >= 0.3 is 29.6 Å². The summed E-state index contributed by atoms with van der Waals surface area (Å²) in [5, 5.41) is 8.98. The fraction of sp³-hybridized carbons (Fsp3) is 0.0435. The van der Waals surface area contributed by atoms with Gasteiger partial charge in [-0.1, -0.05) is 48.5 Å². The second-order valence-corrected chi connectivity index (χ2v) is 8.45. The zero-order valence-corrected chi connectivity index (χ0v) is 17.7. The third-order valence-electron chi connectivity index (χ3n) is 4.92. The molecule has 4 rings (SSSR count). The maximum absolute atomic E-state index is 11.9. The van der Waals surface area contributed by atoms with Crippen molar-refractivity contribution in [2.24, 2.45) is 10.2 Å². The molecule has 1 heterocycles. The number of azo groups is 1. The van der Waals surface area contributed by atoms with Gasteiger partial charge in [-0.3, -0.25) is 14.3 Å². The summed E-state index contributed by atoms with van der Waals surface area (Å²) in [4.78, 5) is 15.8. The third-order valence-corrected chi connectivity index (χ3v) is 5.81. The van der Waals surface area contributed by atoms with Crippen LogP contribution in [-0.2, 0) is 10.1 Å². The molecule has 0 spiro atoms. The number of nitrogen functional groups attached to an aromatic ring is 1. The Kier molecular flexibility index (Phi) is 7.41. The van der Waals surface area contributed by atoms with Gasteiger partial charge in [-0.25, -0.2) is 0 Å². The maximum atomic E-state index is 11.9. The van der Waals surface area contributed by atoms with Crippen LogP contribution in [0.4, 0.5) is 17.1 Å². The molecule has 3 aromatic carbocycles. The van der Waals surface area contributed by atoms with E-state index in [-0.39, 0.29) is 57.0 Å². The fourth-order valence-electron chi connectivity index (χ4n) is 3.43. The van der Waals surface area contributed by atoms with Gasteiger partial charge in [0.1, 0.15) is 16.3 Å². The number of nitrogens with two attached hydrogens (primary N) is 1. The summed E-state index contributed by atoms with van der Waals surface area (Å²) >= 11 is 0. The third kappa shape index (κ3) is 5.18. The Labute approximate surface area is 212 Å². The summed E-state index contributed by atoms with van der Waals surface area (Å²) < 4.78 is 33.4. The minimum absolute atomic E-state index is 0. The molecule has 4 aromatic rings. The number of hydrogen-bond acceptors (Lipinski definition) is 7. The number of anilines is 1. The summed E-state index contributed by atoms with van der Waals surface area (Å²) in [6.45, 7) is 1.49. The van der Waals surface area contributed by atoms with Crippen LogP contribution < -0.4 is 5.73 Å². The Morgan fingerprint density at radius 2 is 1.64 bits per heavy atom. The molecule has 8 nitrogen and oxygen atoms in total.